The maximum absolute atomic E-state index is 12.5. The molecule has 3 aliphatic carbocycles. The van der Waals surface area contributed by atoms with Gasteiger partial charge in [-0.1, -0.05) is 48.5 Å². The van der Waals surface area contributed by atoms with Crippen molar-refractivity contribution in [3.8, 4) is 11.1 Å². The van der Waals surface area contributed by atoms with Crippen LogP contribution >= 0.6 is 0 Å². The zero-order chi connectivity index (χ0) is 24.4. The molecule has 2 atom stereocenters. The van der Waals surface area contributed by atoms with E-state index in [9.17, 15) is 14.4 Å². The molecule has 0 aliphatic heterocycles. The molecule has 0 bridgehead atoms. The van der Waals surface area contributed by atoms with E-state index in [1.54, 1.807) is 0 Å². The molecule has 0 aromatic heterocycles. The molecule has 184 valence electrons. The highest BCUT2D eigenvalue weighted by atomic mass is 16.5. The SMILES string of the molecule is O=C(NC[C@H]1C[C@H]1C(=O)NCC1CCC(C(=O)O)CC1)OCC1c2ccccc2-c2ccccc21. The summed E-state index contributed by atoms with van der Waals surface area (Å²) >= 11 is 0. The average molecular weight is 477 g/mol. The van der Waals surface area contributed by atoms with E-state index in [1.165, 1.54) is 22.3 Å². The van der Waals surface area contributed by atoms with E-state index in [4.69, 9.17) is 9.84 Å². The molecule has 7 heteroatoms. The molecule has 2 aromatic rings. The van der Waals surface area contributed by atoms with Crippen molar-refractivity contribution >= 4 is 18.0 Å². The van der Waals surface area contributed by atoms with Crippen molar-refractivity contribution in [2.24, 2.45) is 23.7 Å². The third-order valence-electron chi connectivity index (χ3n) is 7.87. The number of carbonyl (C=O) groups excluding carboxylic acids is 2. The van der Waals surface area contributed by atoms with Crippen molar-refractivity contribution in [2.75, 3.05) is 19.7 Å². The standard InChI is InChI=1S/C28H32N2O5/c31-26(29-14-17-9-11-18(12-10-17)27(32)33)24-13-19(24)15-30-28(34)35-16-25-22-7-3-1-5-20(22)21-6-2-4-8-23(21)25/h1-8,17-19,24-25H,9-16H2,(H,29,31)(H,30,34)(H,32,33)/t17?,18?,19-,24-/m1/s1. The minimum Gasteiger partial charge on any atom is -0.481 e. The number of fused-ring (bicyclic) bond motifs is 3. The second kappa shape index (κ2) is 10.1. The Labute approximate surface area is 205 Å². The Morgan fingerprint density at radius 3 is 2.11 bits per heavy atom. The molecule has 3 N–H and O–H groups in total. The van der Waals surface area contributed by atoms with Gasteiger partial charge in [-0.05, 0) is 66.2 Å². The maximum Gasteiger partial charge on any atom is 0.407 e. The second-order valence-corrected chi connectivity index (χ2v) is 10.1. The molecule has 5 rings (SSSR count). The summed E-state index contributed by atoms with van der Waals surface area (Å²) in [5.74, 6) is -0.470. The van der Waals surface area contributed by atoms with Gasteiger partial charge in [0.1, 0.15) is 6.61 Å². The summed E-state index contributed by atoms with van der Waals surface area (Å²) in [4.78, 5) is 35.9. The van der Waals surface area contributed by atoms with E-state index in [0.29, 0.717) is 31.8 Å². The summed E-state index contributed by atoms with van der Waals surface area (Å²) in [5.41, 5.74) is 4.74. The Hall–Kier alpha value is -3.35. The Bertz CT molecular complexity index is 1060. The van der Waals surface area contributed by atoms with Crippen LogP contribution in [0.1, 0.15) is 49.1 Å². The zero-order valence-electron chi connectivity index (χ0n) is 19.7. The molecule has 2 saturated carbocycles. The van der Waals surface area contributed by atoms with Crippen LogP contribution < -0.4 is 10.6 Å². The molecule has 0 spiro atoms. The van der Waals surface area contributed by atoms with Crippen LogP contribution in [-0.4, -0.2) is 42.8 Å². The number of nitrogens with one attached hydrogen (secondary N) is 2. The summed E-state index contributed by atoms with van der Waals surface area (Å²) in [6.07, 6.45) is 3.37. The first-order valence-electron chi connectivity index (χ1n) is 12.6. The van der Waals surface area contributed by atoms with E-state index < -0.39 is 12.1 Å². The number of amides is 2. The van der Waals surface area contributed by atoms with Crippen LogP contribution in [0.3, 0.4) is 0 Å². The fourth-order valence-electron chi connectivity index (χ4n) is 5.65. The highest BCUT2D eigenvalue weighted by Crippen LogP contribution is 2.44. The van der Waals surface area contributed by atoms with E-state index in [2.05, 4.69) is 34.9 Å². The lowest BCUT2D eigenvalue weighted by Gasteiger charge is -2.26. The molecule has 3 aliphatic rings. The molecule has 35 heavy (non-hydrogen) atoms. The molecule has 0 saturated heterocycles. The Kier molecular flexibility index (Phi) is 6.75. The van der Waals surface area contributed by atoms with E-state index >= 15 is 0 Å². The molecule has 0 unspecified atom stereocenters. The molecule has 2 fully saturated rings. The van der Waals surface area contributed by atoms with Crippen molar-refractivity contribution in [3.05, 3.63) is 59.7 Å². The fraction of sp³-hybridized carbons (Fsp3) is 0.464. The second-order valence-electron chi connectivity index (χ2n) is 10.1. The van der Waals surface area contributed by atoms with Gasteiger partial charge in [0.25, 0.3) is 0 Å². The summed E-state index contributed by atoms with van der Waals surface area (Å²) < 4.78 is 5.57. The van der Waals surface area contributed by atoms with Gasteiger partial charge in [0, 0.05) is 24.9 Å². The van der Waals surface area contributed by atoms with Gasteiger partial charge in [0.15, 0.2) is 0 Å². The summed E-state index contributed by atoms with van der Waals surface area (Å²) in [5, 5.41) is 15.0. The highest BCUT2D eigenvalue weighted by Gasteiger charge is 2.43. The first-order valence-corrected chi connectivity index (χ1v) is 12.6. The van der Waals surface area contributed by atoms with Gasteiger partial charge in [-0.2, -0.15) is 0 Å². The first kappa shape index (κ1) is 23.4. The van der Waals surface area contributed by atoms with Crippen LogP contribution in [0.5, 0.6) is 0 Å². The van der Waals surface area contributed by atoms with Crippen LogP contribution in [0.15, 0.2) is 48.5 Å². The first-order chi connectivity index (χ1) is 17.0. The molecule has 2 amide bonds. The number of benzene rings is 2. The number of carboxylic acid groups (broad SMARTS) is 1. The van der Waals surface area contributed by atoms with Crippen LogP contribution in [0.25, 0.3) is 11.1 Å². The fourth-order valence-corrected chi connectivity index (χ4v) is 5.65. The molecular weight excluding hydrogens is 444 g/mol. The lowest BCUT2D eigenvalue weighted by molar-refractivity contribution is -0.143. The van der Waals surface area contributed by atoms with Crippen molar-refractivity contribution in [3.63, 3.8) is 0 Å². The van der Waals surface area contributed by atoms with Crippen molar-refractivity contribution < 1.29 is 24.2 Å². The van der Waals surface area contributed by atoms with Crippen molar-refractivity contribution in [2.45, 2.75) is 38.0 Å². The lowest BCUT2D eigenvalue weighted by Crippen LogP contribution is -2.34. The van der Waals surface area contributed by atoms with Crippen LogP contribution in [0, 0.1) is 23.7 Å². The van der Waals surface area contributed by atoms with E-state index in [-0.39, 0.29) is 36.2 Å². The van der Waals surface area contributed by atoms with Gasteiger partial charge in [-0.25, -0.2) is 4.79 Å². The lowest BCUT2D eigenvalue weighted by atomic mass is 9.82. The van der Waals surface area contributed by atoms with Crippen LogP contribution in [0.2, 0.25) is 0 Å². The summed E-state index contributed by atoms with van der Waals surface area (Å²) in [6.45, 7) is 1.31. The van der Waals surface area contributed by atoms with Gasteiger partial charge in [-0.3, -0.25) is 9.59 Å². The molecule has 0 heterocycles. The van der Waals surface area contributed by atoms with E-state index in [1.807, 2.05) is 24.3 Å². The zero-order valence-corrected chi connectivity index (χ0v) is 19.7. The number of hydrogen-bond donors (Lipinski definition) is 3. The van der Waals surface area contributed by atoms with Gasteiger partial charge < -0.3 is 20.5 Å². The minimum absolute atomic E-state index is 0.0261. The van der Waals surface area contributed by atoms with Gasteiger partial charge in [0.05, 0.1) is 5.92 Å². The minimum atomic E-state index is -0.711. The molecule has 7 nitrogen and oxygen atoms in total. The van der Waals surface area contributed by atoms with Crippen LogP contribution in [-0.2, 0) is 14.3 Å². The summed E-state index contributed by atoms with van der Waals surface area (Å²) in [6, 6.07) is 16.5. The van der Waals surface area contributed by atoms with Crippen molar-refractivity contribution in [1.29, 1.82) is 0 Å². The van der Waals surface area contributed by atoms with E-state index in [0.717, 1.165) is 19.3 Å². The third-order valence-corrected chi connectivity index (χ3v) is 7.87. The predicted molar refractivity (Wildman–Crippen MR) is 131 cm³/mol. The number of aliphatic carboxylic acids is 1. The number of rotatable bonds is 8. The van der Waals surface area contributed by atoms with Crippen molar-refractivity contribution in [1.82, 2.24) is 10.6 Å². The van der Waals surface area contributed by atoms with Gasteiger partial charge in [0.2, 0.25) is 5.91 Å². The topological polar surface area (TPSA) is 105 Å². The smallest absolute Gasteiger partial charge is 0.407 e. The monoisotopic (exact) mass is 476 g/mol. The normalized spacial score (nSPS) is 24.7. The third kappa shape index (κ3) is 5.19. The quantitative estimate of drug-likeness (QED) is 0.531. The Morgan fingerprint density at radius 1 is 0.857 bits per heavy atom. The van der Waals surface area contributed by atoms with Gasteiger partial charge >= 0.3 is 12.1 Å². The molecule has 2 aromatic carbocycles. The Balaban J connectivity index is 1.02. The molecular formula is C28H32N2O5. The maximum atomic E-state index is 12.5. The van der Waals surface area contributed by atoms with Crippen LogP contribution in [0.4, 0.5) is 4.79 Å². The highest BCUT2D eigenvalue weighted by molar-refractivity contribution is 5.82. The summed E-state index contributed by atoms with van der Waals surface area (Å²) in [7, 11) is 0. The average Bonchev–Trinajstić information content (AvgIpc) is 3.60. The van der Waals surface area contributed by atoms with Gasteiger partial charge in [-0.15, -0.1) is 0 Å². The number of ether oxygens (including phenoxy) is 1. The number of carbonyl (C=O) groups is 3. The predicted octanol–water partition coefficient (Wildman–Crippen LogP) is 4.17. The Morgan fingerprint density at radius 2 is 1.49 bits per heavy atom. The molecule has 0 radical (unpaired) electrons. The largest absolute Gasteiger partial charge is 0.481 e. The number of alkyl carbamates (subject to hydrolysis) is 1. The number of carboxylic acids is 1. The number of hydrogen-bond acceptors (Lipinski definition) is 4.